The quantitative estimate of drug-likeness (QED) is 0.728. The Balaban J connectivity index is 3.40. The Bertz CT molecular complexity index is 521. The van der Waals surface area contributed by atoms with Crippen LogP contribution < -0.4 is 11.2 Å². The van der Waals surface area contributed by atoms with E-state index in [4.69, 9.17) is 5.26 Å². The minimum Gasteiger partial charge on any atom is -0.394 e. The third-order valence-corrected chi connectivity index (χ3v) is 2.40. The SMILES string of the molecule is CC(C)C(CO)n1cc(C#N)c(=O)[nH]c1=O. The van der Waals surface area contributed by atoms with Crippen molar-refractivity contribution in [2.24, 2.45) is 5.92 Å². The highest BCUT2D eigenvalue weighted by Gasteiger charge is 2.17. The number of aliphatic hydroxyl groups is 1. The Hall–Kier alpha value is -1.87. The van der Waals surface area contributed by atoms with Gasteiger partial charge < -0.3 is 5.11 Å². The number of aliphatic hydroxyl groups excluding tert-OH is 1. The summed E-state index contributed by atoms with van der Waals surface area (Å²) >= 11 is 0. The van der Waals surface area contributed by atoms with Gasteiger partial charge in [0.25, 0.3) is 5.56 Å². The van der Waals surface area contributed by atoms with E-state index in [1.165, 1.54) is 10.8 Å². The zero-order chi connectivity index (χ0) is 12.3. The summed E-state index contributed by atoms with van der Waals surface area (Å²) in [4.78, 5) is 24.7. The van der Waals surface area contributed by atoms with Gasteiger partial charge in [0.2, 0.25) is 0 Å². The van der Waals surface area contributed by atoms with Gasteiger partial charge in [-0.2, -0.15) is 5.26 Å². The lowest BCUT2D eigenvalue weighted by Crippen LogP contribution is -2.36. The van der Waals surface area contributed by atoms with Crippen LogP contribution in [-0.4, -0.2) is 21.3 Å². The van der Waals surface area contributed by atoms with E-state index in [-0.39, 0.29) is 18.1 Å². The third-order valence-electron chi connectivity index (χ3n) is 2.40. The zero-order valence-corrected chi connectivity index (χ0v) is 9.10. The fraction of sp³-hybridized carbons (Fsp3) is 0.500. The summed E-state index contributed by atoms with van der Waals surface area (Å²) in [5.74, 6) is 0.0140. The third kappa shape index (κ3) is 2.20. The van der Waals surface area contributed by atoms with E-state index in [1.807, 2.05) is 18.8 Å². The fourth-order valence-corrected chi connectivity index (χ4v) is 1.43. The maximum absolute atomic E-state index is 11.5. The van der Waals surface area contributed by atoms with E-state index in [0.717, 1.165) is 0 Å². The summed E-state index contributed by atoms with van der Waals surface area (Å²) in [6.07, 6.45) is 1.18. The number of hydrogen-bond acceptors (Lipinski definition) is 4. The number of H-pyrrole nitrogens is 1. The standard InChI is InChI=1S/C10H13N3O3/c1-6(2)8(5-14)13-4-7(3-11)9(15)12-10(13)16/h4,6,8,14H,5H2,1-2H3,(H,12,15,16). The topological polar surface area (TPSA) is 98.9 Å². The maximum Gasteiger partial charge on any atom is 0.328 e. The van der Waals surface area contributed by atoms with Gasteiger partial charge in [0, 0.05) is 6.20 Å². The molecule has 86 valence electrons. The van der Waals surface area contributed by atoms with Crippen LogP contribution in [0.5, 0.6) is 0 Å². The molecule has 1 unspecified atom stereocenters. The molecule has 2 N–H and O–H groups in total. The van der Waals surface area contributed by atoms with E-state index in [9.17, 15) is 14.7 Å². The molecule has 0 amide bonds. The molecule has 0 saturated heterocycles. The molecule has 0 aliphatic carbocycles. The van der Waals surface area contributed by atoms with Crippen molar-refractivity contribution < 1.29 is 5.11 Å². The summed E-state index contributed by atoms with van der Waals surface area (Å²) in [6.45, 7) is 3.45. The second-order valence-corrected chi connectivity index (χ2v) is 3.82. The van der Waals surface area contributed by atoms with Gasteiger partial charge in [0.05, 0.1) is 12.6 Å². The van der Waals surface area contributed by atoms with Crippen LogP contribution in [-0.2, 0) is 0 Å². The van der Waals surface area contributed by atoms with E-state index in [2.05, 4.69) is 0 Å². The van der Waals surface area contributed by atoms with Crippen molar-refractivity contribution in [3.63, 3.8) is 0 Å². The van der Waals surface area contributed by atoms with Gasteiger partial charge in [-0.05, 0) is 5.92 Å². The van der Waals surface area contributed by atoms with Crippen molar-refractivity contribution in [1.29, 1.82) is 5.26 Å². The molecule has 0 aromatic carbocycles. The van der Waals surface area contributed by atoms with Crippen molar-refractivity contribution in [3.8, 4) is 6.07 Å². The second kappa shape index (κ2) is 4.77. The number of nitriles is 1. The Morgan fingerprint density at radius 2 is 2.19 bits per heavy atom. The first kappa shape index (κ1) is 12.2. The molecule has 1 rings (SSSR count). The van der Waals surface area contributed by atoms with Crippen LogP contribution in [0.2, 0.25) is 0 Å². The molecule has 0 spiro atoms. The molecule has 0 radical (unpaired) electrons. The Morgan fingerprint density at radius 1 is 1.56 bits per heavy atom. The van der Waals surface area contributed by atoms with Gasteiger partial charge in [-0.15, -0.1) is 0 Å². The lowest BCUT2D eigenvalue weighted by Gasteiger charge is -2.20. The van der Waals surface area contributed by atoms with E-state index in [0.29, 0.717) is 0 Å². The lowest BCUT2D eigenvalue weighted by atomic mass is 10.1. The molecule has 0 saturated carbocycles. The average molecular weight is 223 g/mol. The van der Waals surface area contributed by atoms with Crippen LogP contribution >= 0.6 is 0 Å². The van der Waals surface area contributed by atoms with E-state index >= 15 is 0 Å². The molecular formula is C10H13N3O3. The second-order valence-electron chi connectivity index (χ2n) is 3.82. The number of aromatic nitrogens is 2. The van der Waals surface area contributed by atoms with Crippen LogP contribution in [0.4, 0.5) is 0 Å². The fourth-order valence-electron chi connectivity index (χ4n) is 1.43. The van der Waals surface area contributed by atoms with Crippen molar-refractivity contribution >= 4 is 0 Å². The van der Waals surface area contributed by atoms with Gasteiger partial charge in [0.1, 0.15) is 11.6 Å². The highest BCUT2D eigenvalue weighted by atomic mass is 16.3. The molecule has 0 fully saturated rings. The number of rotatable bonds is 3. The number of hydrogen-bond donors (Lipinski definition) is 2. The average Bonchev–Trinajstić information content (AvgIpc) is 2.21. The summed E-state index contributed by atoms with van der Waals surface area (Å²) in [5, 5.41) is 17.9. The maximum atomic E-state index is 11.5. The summed E-state index contributed by atoms with van der Waals surface area (Å²) < 4.78 is 1.19. The lowest BCUT2D eigenvalue weighted by molar-refractivity contribution is 0.188. The van der Waals surface area contributed by atoms with Gasteiger partial charge in [-0.3, -0.25) is 14.3 Å². The first-order valence-corrected chi connectivity index (χ1v) is 4.87. The van der Waals surface area contributed by atoms with E-state index in [1.54, 1.807) is 6.07 Å². The van der Waals surface area contributed by atoms with Crippen molar-refractivity contribution in [3.05, 3.63) is 32.6 Å². The van der Waals surface area contributed by atoms with Crippen molar-refractivity contribution in [2.75, 3.05) is 6.61 Å². The van der Waals surface area contributed by atoms with Crippen molar-refractivity contribution in [2.45, 2.75) is 19.9 Å². The smallest absolute Gasteiger partial charge is 0.328 e. The molecule has 16 heavy (non-hydrogen) atoms. The molecule has 6 heteroatoms. The first-order chi connectivity index (χ1) is 7.51. The molecule has 0 aliphatic rings. The Kier molecular flexibility index (Phi) is 3.64. The first-order valence-electron chi connectivity index (χ1n) is 4.87. The van der Waals surface area contributed by atoms with Gasteiger partial charge in [-0.1, -0.05) is 13.8 Å². The molecule has 1 aromatic rings. The predicted octanol–water partition coefficient (Wildman–Crippen LogP) is -0.402. The number of nitrogens with one attached hydrogen (secondary N) is 1. The Labute approximate surface area is 91.8 Å². The largest absolute Gasteiger partial charge is 0.394 e. The highest BCUT2D eigenvalue weighted by molar-refractivity contribution is 5.21. The molecule has 0 bridgehead atoms. The number of aromatic amines is 1. The van der Waals surface area contributed by atoms with Crippen LogP contribution in [0.15, 0.2) is 15.8 Å². The molecule has 1 atom stereocenters. The van der Waals surface area contributed by atoms with E-state index < -0.39 is 17.3 Å². The summed E-state index contributed by atoms with van der Waals surface area (Å²) in [7, 11) is 0. The minimum atomic E-state index is -0.704. The van der Waals surface area contributed by atoms with Gasteiger partial charge >= 0.3 is 5.69 Å². The predicted molar refractivity (Wildman–Crippen MR) is 57.0 cm³/mol. The molecule has 1 aromatic heterocycles. The Morgan fingerprint density at radius 3 is 2.62 bits per heavy atom. The van der Waals surface area contributed by atoms with Crippen molar-refractivity contribution in [1.82, 2.24) is 9.55 Å². The monoisotopic (exact) mass is 223 g/mol. The number of nitrogens with zero attached hydrogens (tertiary/aromatic N) is 2. The molecule has 6 nitrogen and oxygen atoms in total. The zero-order valence-electron chi connectivity index (χ0n) is 9.10. The summed E-state index contributed by atoms with van der Waals surface area (Å²) in [5.41, 5.74) is -1.46. The minimum absolute atomic E-state index is 0.0140. The normalized spacial score (nSPS) is 12.4. The van der Waals surface area contributed by atoms with Crippen LogP contribution in [0.25, 0.3) is 0 Å². The van der Waals surface area contributed by atoms with Crippen LogP contribution in [0.3, 0.4) is 0 Å². The molecular weight excluding hydrogens is 210 g/mol. The van der Waals surface area contributed by atoms with Crippen LogP contribution in [0.1, 0.15) is 25.5 Å². The van der Waals surface area contributed by atoms with Gasteiger partial charge in [0.15, 0.2) is 0 Å². The van der Waals surface area contributed by atoms with Crippen LogP contribution in [0, 0.1) is 17.2 Å². The molecule has 1 heterocycles. The highest BCUT2D eigenvalue weighted by Crippen LogP contribution is 2.13. The molecule has 0 aliphatic heterocycles. The summed E-state index contributed by atoms with van der Waals surface area (Å²) in [6, 6.07) is 1.25. The van der Waals surface area contributed by atoms with Gasteiger partial charge in [-0.25, -0.2) is 4.79 Å².